The molecule has 0 bridgehead atoms. The number of aromatic hydroxyl groups is 1. The van der Waals surface area contributed by atoms with E-state index in [2.05, 4.69) is 44.9 Å². The lowest BCUT2D eigenvalue weighted by Crippen LogP contribution is -2.40. The Hall–Kier alpha value is -2.91. The average Bonchev–Trinajstić information content (AvgIpc) is 3.65. The van der Waals surface area contributed by atoms with Gasteiger partial charge in [0.1, 0.15) is 5.84 Å². The van der Waals surface area contributed by atoms with E-state index < -0.39 is 7.75 Å². The quantitative estimate of drug-likeness (QED) is 0.187. The average molecular weight is 640 g/mol. The van der Waals surface area contributed by atoms with Gasteiger partial charge in [-0.1, -0.05) is 54.1 Å². The van der Waals surface area contributed by atoms with Crippen LogP contribution in [0.4, 0.5) is 0 Å². The molecule has 1 N–H and O–H groups in total. The molecule has 2 aliphatic heterocycles. The predicted molar refractivity (Wildman–Crippen MR) is 173 cm³/mol. The molecule has 8 nitrogen and oxygen atoms in total. The van der Waals surface area contributed by atoms with Crippen molar-refractivity contribution in [1.29, 1.82) is 0 Å². The molecule has 1 fully saturated rings. The van der Waals surface area contributed by atoms with Crippen molar-refractivity contribution >= 4 is 46.6 Å². The molecular weight excluding hydrogens is 605 g/mol. The summed E-state index contributed by atoms with van der Waals surface area (Å²) in [5.74, 6) is 0.931. The third-order valence-electron chi connectivity index (χ3n) is 8.24. The predicted octanol–water partition coefficient (Wildman–Crippen LogP) is 7.81. The molecule has 3 aromatic carbocycles. The second kappa shape index (κ2) is 12.6. The minimum absolute atomic E-state index is 0.0305. The van der Waals surface area contributed by atoms with Gasteiger partial charge in [0.2, 0.25) is 0 Å². The van der Waals surface area contributed by atoms with E-state index in [0.717, 1.165) is 51.3 Å². The molecule has 11 heteroatoms. The van der Waals surface area contributed by atoms with Gasteiger partial charge >= 0.3 is 7.75 Å². The normalized spacial score (nSPS) is 18.5. The lowest BCUT2D eigenvalue weighted by atomic mass is 9.86. The molecule has 0 spiro atoms. The van der Waals surface area contributed by atoms with Crippen LogP contribution in [-0.2, 0) is 33.1 Å². The van der Waals surface area contributed by atoms with Gasteiger partial charge in [-0.15, -0.1) is 11.3 Å². The largest absolute Gasteiger partial charge is 0.504 e. The van der Waals surface area contributed by atoms with Gasteiger partial charge in [-0.05, 0) is 66.4 Å². The first-order chi connectivity index (χ1) is 20.8. The van der Waals surface area contributed by atoms with Crippen LogP contribution >= 0.6 is 30.7 Å². The smallest absolute Gasteiger partial charge is 0.454 e. The Bertz CT molecular complexity index is 1700. The van der Waals surface area contributed by atoms with E-state index in [-0.39, 0.29) is 11.8 Å². The van der Waals surface area contributed by atoms with Gasteiger partial charge in [0, 0.05) is 42.1 Å². The lowest BCUT2D eigenvalue weighted by Gasteiger charge is -2.40. The fourth-order valence-corrected chi connectivity index (χ4v) is 8.32. The fourth-order valence-electron chi connectivity index (χ4n) is 6.05. The van der Waals surface area contributed by atoms with Gasteiger partial charge in [-0.3, -0.25) is 13.9 Å². The van der Waals surface area contributed by atoms with Gasteiger partial charge in [0.25, 0.3) is 0 Å². The summed E-state index contributed by atoms with van der Waals surface area (Å²) in [5.41, 5.74) is 4.08. The maximum Gasteiger partial charge on any atom is 0.454 e. The minimum atomic E-state index is -3.79. The third-order valence-corrected chi connectivity index (χ3v) is 11.3. The molecular formula is C32H35ClN3O5PS. The molecule has 0 amide bonds. The molecule has 1 saturated heterocycles. The Balaban J connectivity index is 1.50. The lowest BCUT2D eigenvalue weighted by molar-refractivity contribution is 0.274. The van der Waals surface area contributed by atoms with Crippen LogP contribution in [-0.4, -0.2) is 55.2 Å². The Morgan fingerprint density at radius 1 is 1.02 bits per heavy atom. The van der Waals surface area contributed by atoms with E-state index in [4.69, 9.17) is 25.4 Å². The van der Waals surface area contributed by atoms with Crippen molar-refractivity contribution < 1.29 is 23.5 Å². The van der Waals surface area contributed by atoms with Crippen molar-refractivity contribution in [2.45, 2.75) is 38.4 Å². The summed E-state index contributed by atoms with van der Waals surface area (Å²) in [6, 6.07) is 19.9. The molecule has 226 valence electrons. The number of likely N-dealkylation sites (tertiary alicyclic amines) is 1. The molecule has 43 heavy (non-hydrogen) atoms. The Morgan fingerprint density at radius 2 is 1.74 bits per heavy atom. The van der Waals surface area contributed by atoms with Crippen LogP contribution in [0.5, 0.6) is 11.5 Å². The topological polar surface area (TPSA) is 83.8 Å². The number of hydrogen-bond acceptors (Lipinski definition) is 7. The number of halogens is 1. The Labute approximate surface area is 261 Å². The standard InChI is InChI=1S/C32H35ClN3O5PS/c1-39-27-18-25-23(16-26(27)37)17-30(34-42(38,40-2)41-3)36(20-29-31(33)24-8-4-5-9-28(24)43-29)32(25)22-12-10-21(11-13-22)19-35-14-6-7-15-35/h4-5,8-13,16,18,32,37H,6-7,14-15,17,19-20H2,1-3H3/b34-30-. The first kappa shape index (κ1) is 30.1. The van der Waals surface area contributed by atoms with Crippen molar-refractivity contribution in [2.24, 2.45) is 4.76 Å². The van der Waals surface area contributed by atoms with Crippen LogP contribution in [0.2, 0.25) is 5.02 Å². The highest BCUT2D eigenvalue weighted by Gasteiger charge is 2.36. The van der Waals surface area contributed by atoms with Gasteiger partial charge in [-0.25, -0.2) is 4.57 Å². The number of phenols is 1. The molecule has 6 rings (SSSR count). The zero-order chi connectivity index (χ0) is 30.1. The van der Waals surface area contributed by atoms with Crippen LogP contribution in [0.25, 0.3) is 10.1 Å². The van der Waals surface area contributed by atoms with Gasteiger partial charge in [0.15, 0.2) is 11.5 Å². The van der Waals surface area contributed by atoms with E-state index in [1.165, 1.54) is 32.6 Å². The molecule has 2 aliphatic rings. The molecule has 1 unspecified atom stereocenters. The van der Waals surface area contributed by atoms with Gasteiger partial charge in [-0.2, -0.15) is 4.76 Å². The number of phenolic OH excluding ortho intramolecular Hbond substituents is 1. The van der Waals surface area contributed by atoms with Crippen LogP contribution in [0.1, 0.15) is 46.0 Å². The summed E-state index contributed by atoms with van der Waals surface area (Å²) in [7, 11) is 0.403. The van der Waals surface area contributed by atoms with Gasteiger partial charge in [0.05, 0.1) is 24.7 Å². The molecule has 1 atom stereocenters. The summed E-state index contributed by atoms with van der Waals surface area (Å²) in [6.45, 7) is 3.59. The summed E-state index contributed by atoms with van der Waals surface area (Å²) in [4.78, 5) is 5.56. The zero-order valence-corrected chi connectivity index (χ0v) is 26.9. The minimum Gasteiger partial charge on any atom is -0.504 e. The number of benzene rings is 3. The molecule has 4 aromatic rings. The number of fused-ring (bicyclic) bond motifs is 2. The van der Waals surface area contributed by atoms with E-state index in [0.29, 0.717) is 29.6 Å². The van der Waals surface area contributed by atoms with Crippen LogP contribution in [0, 0.1) is 0 Å². The first-order valence-corrected chi connectivity index (χ1v) is 17.0. The fraction of sp³-hybridized carbons (Fsp3) is 0.344. The Morgan fingerprint density at radius 3 is 2.42 bits per heavy atom. The van der Waals surface area contributed by atoms with E-state index in [9.17, 15) is 9.67 Å². The monoisotopic (exact) mass is 639 g/mol. The van der Waals surface area contributed by atoms with Crippen molar-refractivity contribution in [3.63, 3.8) is 0 Å². The number of ether oxygens (including phenoxy) is 1. The zero-order valence-electron chi connectivity index (χ0n) is 24.5. The first-order valence-electron chi connectivity index (χ1n) is 14.3. The summed E-state index contributed by atoms with van der Waals surface area (Å²) >= 11 is 8.59. The van der Waals surface area contributed by atoms with E-state index >= 15 is 0 Å². The van der Waals surface area contributed by atoms with Crippen molar-refractivity contribution in [3.05, 3.63) is 92.8 Å². The number of methoxy groups -OCH3 is 1. The molecule has 0 aliphatic carbocycles. The molecule has 0 radical (unpaired) electrons. The van der Waals surface area contributed by atoms with Crippen molar-refractivity contribution in [2.75, 3.05) is 34.4 Å². The highest BCUT2D eigenvalue weighted by atomic mass is 35.5. The SMILES string of the molecule is COc1cc2c(cc1O)C/C(=N/P(=O)(OC)OC)N(Cc1sc3ccccc3c1Cl)C2c1ccc(CN2CCCC2)cc1. The maximum atomic E-state index is 13.4. The molecule has 1 aromatic heterocycles. The van der Waals surface area contributed by atoms with Crippen LogP contribution in [0.3, 0.4) is 0 Å². The highest BCUT2D eigenvalue weighted by Crippen LogP contribution is 2.51. The Kier molecular flexibility index (Phi) is 8.83. The number of rotatable bonds is 9. The van der Waals surface area contributed by atoms with E-state index in [1.54, 1.807) is 24.5 Å². The number of amidine groups is 1. The van der Waals surface area contributed by atoms with Crippen LogP contribution in [0.15, 0.2) is 65.4 Å². The van der Waals surface area contributed by atoms with Crippen molar-refractivity contribution in [1.82, 2.24) is 9.80 Å². The second-order valence-corrected chi connectivity index (χ2v) is 14.2. The number of hydrogen-bond donors (Lipinski definition) is 1. The molecule has 0 saturated carbocycles. The van der Waals surface area contributed by atoms with Crippen molar-refractivity contribution in [3.8, 4) is 11.5 Å². The number of thiophene rings is 1. The second-order valence-electron chi connectivity index (χ2n) is 10.8. The summed E-state index contributed by atoms with van der Waals surface area (Å²) < 4.78 is 35.1. The summed E-state index contributed by atoms with van der Waals surface area (Å²) in [5, 5.41) is 12.4. The maximum absolute atomic E-state index is 13.4. The van der Waals surface area contributed by atoms with E-state index in [1.807, 2.05) is 24.3 Å². The highest BCUT2D eigenvalue weighted by molar-refractivity contribution is 7.52. The van der Waals surface area contributed by atoms with Gasteiger partial charge < -0.3 is 14.7 Å². The molecule has 3 heterocycles. The van der Waals surface area contributed by atoms with Crippen LogP contribution < -0.4 is 4.74 Å². The summed E-state index contributed by atoms with van der Waals surface area (Å²) in [6.07, 6.45) is 2.79. The number of nitrogens with zero attached hydrogens (tertiary/aromatic N) is 3. The third kappa shape index (κ3) is 6.07.